The van der Waals surface area contributed by atoms with Crippen molar-refractivity contribution in [2.75, 3.05) is 19.3 Å². The molecule has 21 heavy (non-hydrogen) atoms. The van der Waals surface area contributed by atoms with E-state index in [4.69, 9.17) is 17.3 Å². The topological polar surface area (TPSA) is 63.4 Å². The molecule has 2 N–H and O–H groups in total. The van der Waals surface area contributed by atoms with Gasteiger partial charge in [-0.2, -0.15) is 4.31 Å². The van der Waals surface area contributed by atoms with Crippen LogP contribution in [-0.4, -0.2) is 38.1 Å². The number of hydrogen-bond acceptors (Lipinski definition) is 4. The molecule has 1 aliphatic heterocycles. The molecule has 3 rings (SSSR count). The van der Waals surface area contributed by atoms with Crippen LogP contribution in [0.25, 0.3) is 0 Å². The average Bonchev–Trinajstić information content (AvgIpc) is 3.02. The van der Waals surface area contributed by atoms with Crippen LogP contribution in [0.5, 0.6) is 0 Å². The minimum absolute atomic E-state index is 0.137. The minimum Gasteiger partial charge on any atom is -0.327 e. The van der Waals surface area contributed by atoms with E-state index in [0.29, 0.717) is 29.9 Å². The van der Waals surface area contributed by atoms with Crippen LogP contribution < -0.4 is 5.73 Å². The molecule has 1 heterocycles. The zero-order chi connectivity index (χ0) is 15.2. The predicted octanol–water partition coefficient (Wildman–Crippen LogP) is 2.42. The van der Waals surface area contributed by atoms with Crippen LogP contribution >= 0.6 is 23.4 Å². The van der Waals surface area contributed by atoms with Gasteiger partial charge >= 0.3 is 0 Å². The zero-order valence-corrected chi connectivity index (χ0v) is 14.2. The second-order valence-corrected chi connectivity index (χ2v) is 8.98. The van der Waals surface area contributed by atoms with Crippen LogP contribution in [0.3, 0.4) is 0 Å². The normalized spacial score (nSPS) is 29.8. The Balaban J connectivity index is 1.86. The molecule has 0 radical (unpaired) electrons. The highest BCUT2D eigenvalue weighted by Gasteiger charge is 2.45. The lowest BCUT2D eigenvalue weighted by molar-refractivity contribution is 0.427. The summed E-state index contributed by atoms with van der Waals surface area (Å²) in [5.41, 5.74) is 6.08. The van der Waals surface area contributed by atoms with Gasteiger partial charge in [0.1, 0.15) is 0 Å². The second kappa shape index (κ2) is 5.74. The van der Waals surface area contributed by atoms with Crippen molar-refractivity contribution in [2.24, 2.45) is 17.6 Å². The molecule has 1 saturated heterocycles. The van der Waals surface area contributed by atoms with Crippen LogP contribution in [-0.2, 0) is 10.0 Å². The molecule has 1 aromatic carbocycles. The highest BCUT2D eigenvalue weighted by molar-refractivity contribution is 7.98. The summed E-state index contributed by atoms with van der Waals surface area (Å²) in [5, 5.41) is 0.486. The Kier molecular flexibility index (Phi) is 4.27. The molecular weight excluding hydrogens is 328 g/mol. The molecule has 3 atom stereocenters. The summed E-state index contributed by atoms with van der Waals surface area (Å²) in [6.07, 6.45) is 3.96. The molecule has 116 valence electrons. The Morgan fingerprint density at radius 1 is 1.33 bits per heavy atom. The highest BCUT2D eigenvalue weighted by Crippen LogP contribution is 2.39. The largest absolute Gasteiger partial charge is 0.327 e. The van der Waals surface area contributed by atoms with Crippen LogP contribution in [0.4, 0.5) is 0 Å². The SMILES string of the molecule is CSc1ccc(S(=O)(=O)N2CC3CCC(N)C3C2)cc1Cl. The van der Waals surface area contributed by atoms with Crippen molar-refractivity contribution in [3.8, 4) is 0 Å². The maximum Gasteiger partial charge on any atom is 0.243 e. The fourth-order valence-electron chi connectivity index (χ4n) is 3.42. The first-order valence-electron chi connectivity index (χ1n) is 7.02. The Hall–Kier alpha value is -0.270. The Morgan fingerprint density at radius 3 is 2.71 bits per heavy atom. The van der Waals surface area contributed by atoms with Crippen LogP contribution in [0.15, 0.2) is 28.0 Å². The molecule has 1 aromatic rings. The third kappa shape index (κ3) is 2.72. The lowest BCUT2D eigenvalue weighted by atomic mass is 9.98. The molecule has 4 nitrogen and oxygen atoms in total. The summed E-state index contributed by atoms with van der Waals surface area (Å²) in [5.74, 6) is 0.719. The number of fused-ring (bicyclic) bond motifs is 1. The van der Waals surface area contributed by atoms with E-state index >= 15 is 0 Å². The number of hydrogen-bond donors (Lipinski definition) is 1. The Bertz CT molecular complexity index is 650. The molecule has 0 spiro atoms. The Morgan fingerprint density at radius 2 is 2.10 bits per heavy atom. The summed E-state index contributed by atoms with van der Waals surface area (Å²) in [6, 6.07) is 5.10. The van der Waals surface area contributed by atoms with Crippen LogP contribution in [0.1, 0.15) is 12.8 Å². The van der Waals surface area contributed by atoms with Gasteiger partial charge in [0.25, 0.3) is 0 Å². The van der Waals surface area contributed by atoms with E-state index in [1.807, 2.05) is 6.26 Å². The van der Waals surface area contributed by atoms with E-state index in [0.717, 1.165) is 17.7 Å². The van der Waals surface area contributed by atoms with E-state index in [-0.39, 0.29) is 10.9 Å². The van der Waals surface area contributed by atoms with Gasteiger partial charge in [-0.05, 0) is 49.1 Å². The first kappa shape index (κ1) is 15.6. The quantitative estimate of drug-likeness (QED) is 0.854. The first-order valence-corrected chi connectivity index (χ1v) is 10.1. The standard InChI is InChI=1S/C14H19ClN2O2S2/c1-20-14-5-3-10(6-12(14)15)21(18,19)17-7-9-2-4-13(16)11(9)8-17/h3,5-6,9,11,13H,2,4,7-8,16H2,1H3. The van der Waals surface area contributed by atoms with Crippen molar-refractivity contribution in [3.63, 3.8) is 0 Å². The maximum absolute atomic E-state index is 12.7. The molecule has 0 aromatic heterocycles. The van der Waals surface area contributed by atoms with Gasteiger partial charge in [-0.25, -0.2) is 8.42 Å². The number of nitrogens with two attached hydrogens (primary N) is 1. The van der Waals surface area contributed by atoms with Gasteiger partial charge in [-0.1, -0.05) is 11.6 Å². The molecule has 3 unspecified atom stereocenters. The first-order chi connectivity index (χ1) is 9.93. The zero-order valence-electron chi connectivity index (χ0n) is 11.8. The molecule has 7 heteroatoms. The van der Waals surface area contributed by atoms with Crippen LogP contribution in [0.2, 0.25) is 5.02 Å². The van der Waals surface area contributed by atoms with Crippen molar-refractivity contribution in [1.29, 1.82) is 0 Å². The smallest absolute Gasteiger partial charge is 0.243 e. The summed E-state index contributed by atoms with van der Waals surface area (Å²) < 4.78 is 27.1. The number of sulfonamides is 1. The van der Waals surface area contributed by atoms with Crippen molar-refractivity contribution in [2.45, 2.75) is 28.7 Å². The fourth-order valence-corrected chi connectivity index (χ4v) is 5.92. The summed E-state index contributed by atoms with van der Waals surface area (Å²) >= 11 is 7.64. The summed E-state index contributed by atoms with van der Waals surface area (Å²) in [7, 11) is -3.47. The van der Waals surface area contributed by atoms with Gasteiger partial charge in [0.2, 0.25) is 10.0 Å². The van der Waals surface area contributed by atoms with Gasteiger partial charge in [-0.3, -0.25) is 0 Å². The monoisotopic (exact) mass is 346 g/mol. The molecule has 2 aliphatic rings. The molecule has 2 fully saturated rings. The highest BCUT2D eigenvalue weighted by atomic mass is 35.5. The van der Waals surface area contributed by atoms with Crippen molar-refractivity contribution >= 4 is 33.4 Å². The molecular formula is C14H19ClN2O2S2. The third-order valence-corrected chi connectivity index (χ3v) is 7.69. The van der Waals surface area contributed by atoms with E-state index in [1.54, 1.807) is 22.5 Å². The molecule has 0 bridgehead atoms. The number of halogens is 1. The van der Waals surface area contributed by atoms with Gasteiger partial charge in [0.15, 0.2) is 0 Å². The third-order valence-electron chi connectivity index (χ3n) is 4.64. The van der Waals surface area contributed by atoms with Gasteiger partial charge in [-0.15, -0.1) is 11.8 Å². The lowest BCUT2D eigenvalue weighted by Gasteiger charge is -2.19. The number of rotatable bonds is 3. The second-order valence-electron chi connectivity index (χ2n) is 5.78. The molecule has 0 amide bonds. The summed E-state index contributed by atoms with van der Waals surface area (Å²) in [4.78, 5) is 1.16. The summed E-state index contributed by atoms with van der Waals surface area (Å²) in [6.45, 7) is 1.12. The van der Waals surface area contributed by atoms with Crippen molar-refractivity contribution in [1.82, 2.24) is 4.31 Å². The minimum atomic E-state index is -3.47. The lowest BCUT2D eigenvalue weighted by Crippen LogP contribution is -2.33. The number of thioether (sulfide) groups is 1. The predicted molar refractivity (Wildman–Crippen MR) is 86.2 cm³/mol. The van der Waals surface area contributed by atoms with Crippen LogP contribution in [0, 0.1) is 11.8 Å². The molecule has 1 saturated carbocycles. The van der Waals surface area contributed by atoms with E-state index in [2.05, 4.69) is 0 Å². The maximum atomic E-state index is 12.7. The van der Waals surface area contributed by atoms with Crippen molar-refractivity contribution < 1.29 is 8.42 Å². The Labute approximate surface area is 135 Å². The van der Waals surface area contributed by atoms with Gasteiger partial charge in [0.05, 0.1) is 9.92 Å². The van der Waals surface area contributed by atoms with Gasteiger partial charge in [0, 0.05) is 24.0 Å². The number of benzene rings is 1. The van der Waals surface area contributed by atoms with E-state index in [1.165, 1.54) is 11.8 Å². The number of nitrogens with zero attached hydrogens (tertiary/aromatic N) is 1. The fraction of sp³-hybridized carbons (Fsp3) is 0.571. The van der Waals surface area contributed by atoms with E-state index in [9.17, 15) is 8.42 Å². The van der Waals surface area contributed by atoms with Gasteiger partial charge < -0.3 is 5.73 Å². The average molecular weight is 347 g/mol. The van der Waals surface area contributed by atoms with Crippen molar-refractivity contribution in [3.05, 3.63) is 23.2 Å². The molecule has 1 aliphatic carbocycles. The van der Waals surface area contributed by atoms with E-state index < -0.39 is 10.0 Å².